The van der Waals surface area contributed by atoms with E-state index in [1.807, 2.05) is 0 Å². The Morgan fingerprint density at radius 1 is 0.773 bits per heavy atom. The van der Waals surface area contributed by atoms with Crippen molar-refractivity contribution >= 4 is 17.1 Å². The van der Waals surface area contributed by atoms with E-state index >= 15 is 0 Å². The highest BCUT2D eigenvalue weighted by Gasteiger charge is 2.34. The average Bonchev–Trinajstić information content (AvgIpc) is 2.52. The first kappa shape index (κ1) is 24.0. The van der Waals surface area contributed by atoms with Crippen LogP contribution in [0.5, 0.6) is 0 Å². The zero-order valence-electron chi connectivity index (χ0n) is 15.4. The minimum absolute atomic E-state index is 0.798. The Bertz CT molecular complexity index is 242. The second-order valence-corrected chi connectivity index (χ2v) is 11.3. The van der Waals surface area contributed by atoms with Gasteiger partial charge in [-0.25, -0.2) is 0 Å². The van der Waals surface area contributed by atoms with Gasteiger partial charge in [-0.1, -0.05) is 26.7 Å². The second kappa shape index (κ2) is 14.4. The molecule has 0 fully saturated rings. The van der Waals surface area contributed by atoms with Crippen LogP contribution < -0.4 is 0 Å². The minimum atomic E-state index is -2.16. The maximum Gasteiger partial charge on any atom is 0.390 e. The van der Waals surface area contributed by atoms with E-state index < -0.39 is 17.1 Å². The van der Waals surface area contributed by atoms with Gasteiger partial charge in [0, 0.05) is 27.4 Å². The van der Waals surface area contributed by atoms with Crippen molar-refractivity contribution in [1.82, 2.24) is 0 Å². The minimum Gasteiger partial charge on any atom is -0.394 e. The molecule has 0 bridgehead atoms. The standard InChI is InChI=1S/C10H24O2Si.C6H12O2Si/c1-5-9-13(10-6-2,11-7-3)12-8-4;1-5-9(6-2,7-3)8-4/h5-10H2,1-4H3;5-6H,1-2H2,3-4H3. The Morgan fingerprint density at radius 3 is 1.27 bits per heavy atom. The lowest BCUT2D eigenvalue weighted by Gasteiger charge is -2.29. The molecule has 0 heterocycles. The average molecular weight is 349 g/mol. The summed E-state index contributed by atoms with van der Waals surface area (Å²) in [6.07, 6.45) is 2.35. The number of rotatable bonds is 12. The van der Waals surface area contributed by atoms with E-state index in [4.69, 9.17) is 17.7 Å². The molecule has 0 saturated heterocycles. The Kier molecular flexibility index (Phi) is 15.7. The summed E-state index contributed by atoms with van der Waals surface area (Å²) in [6, 6.07) is 2.28. The van der Waals surface area contributed by atoms with Crippen LogP contribution in [0.15, 0.2) is 24.6 Å². The molecule has 0 unspecified atom stereocenters. The third-order valence-corrected chi connectivity index (χ3v) is 9.85. The highest BCUT2D eigenvalue weighted by molar-refractivity contribution is 6.77. The summed E-state index contributed by atoms with van der Waals surface area (Å²) in [7, 11) is -0.766. The predicted octanol–water partition coefficient (Wildman–Crippen LogP) is 4.49. The first-order valence-electron chi connectivity index (χ1n) is 8.14. The van der Waals surface area contributed by atoms with Gasteiger partial charge in [0.15, 0.2) is 0 Å². The lowest BCUT2D eigenvalue weighted by Crippen LogP contribution is -2.41. The van der Waals surface area contributed by atoms with Gasteiger partial charge in [0.2, 0.25) is 0 Å². The predicted molar refractivity (Wildman–Crippen MR) is 99.4 cm³/mol. The zero-order valence-corrected chi connectivity index (χ0v) is 17.4. The molecule has 6 heteroatoms. The second-order valence-electron chi connectivity index (χ2n) is 4.81. The molecular weight excluding hydrogens is 312 g/mol. The lowest BCUT2D eigenvalue weighted by atomic mass is 10.6. The molecule has 0 aromatic rings. The van der Waals surface area contributed by atoms with Gasteiger partial charge in [-0.15, -0.1) is 13.2 Å². The van der Waals surface area contributed by atoms with Crippen molar-refractivity contribution in [3.63, 3.8) is 0 Å². The lowest BCUT2D eigenvalue weighted by molar-refractivity contribution is 0.181. The first-order chi connectivity index (χ1) is 10.5. The topological polar surface area (TPSA) is 36.9 Å². The maximum atomic E-state index is 5.87. The van der Waals surface area contributed by atoms with Crippen LogP contribution in [0.4, 0.5) is 0 Å². The van der Waals surface area contributed by atoms with E-state index in [1.54, 1.807) is 25.6 Å². The fraction of sp³-hybridized carbons (Fsp3) is 0.750. The van der Waals surface area contributed by atoms with Gasteiger partial charge in [-0.2, -0.15) is 0 Å². The Balaban J connectivity index is 0. The van der Waals surface area contributed by atoms with Gasteiger partial charge in [-0.3, -0.25) is 0 Å². The largest absolute Gasteiger partial charge is 0.394 e. The van der Waals surface area contributed by atoms with E-state index in [0.29, 0.717) is 0 Å². The summed E-state index contributed by atoms with van der Waals surface area (Å²) < 4.78 is 21.9. The van der Waals surface area contributed by atoms with Crippen LogP contribution >= 0.6 is 0 Å². The van der Waals surface area contributed by atoms with Crippen LogP contribution in [0.25, 0.3) is 0 Å². The van der Waals surface area contributed by atoms with Crippen molar-refractivity contribution in [3.05, 3.63) is 24.6 Å². The quantitative estimate of drug-likeness (QED) is 0.487. The van der Waals surface area contributed by atoms with Crippen molar-refractivity contribution in [2.45, 2.75) is 52.6 Å². The molecule has 22 heavy (non-hydrogen) atoms. The Hall–Kier alpha value is -0.246. The van der Waals surface area contributed by atoms with E-state index in [1.165, 1.54) is 12.8 Å². The van der Waals surface area contributed by atoms with Crippen molar-refractivity contribution in [2.24, 2.45) is 0 Å². The molecule has 0 spiro atoms. The SMILES string of the molecule is C=C[Si](C=C)(OC)OC.CCC[Si](CCC)(OCC)OCC. The van der Waals surface area contributed by atoms with Gasteiger partial charge >= 0.3 is 17.1 Å². The molecular formula is C16H36O4Si2. The van der Waals surface area contributed by atoms with Gasteiger partial charge in [-0.05, 0) is 37.3 Å². The molecule has 0 rings (SSSR count). The van der Waals surface area contributed by atoms with Crippen LogP contribution in [0.1, 0.15) is 40.5 Å². The summed E-state index contributed by atoms with van der Waals surface area (Å²) in [5.74, 6) is 0. The van der Waals surface area contributed by atoms with Crippen molar-refractivity contribution in [1.29, 1.82) is 0 Å². The molecule has 4 nitrogen and oxygen atoms in total. The molecule has 0 aliphatic carbocycles. The van der Waals surface area contributed by atoms with Crippen molar-refractivity contribution in [3.8, 4) is 0 Å². The third-order valence-electron chi connectivity index (χ3n) is 3.28. The molecule has 0 aliphatic heterocycles. The summed E-state index contributed by atoms with van der Waals surface area (Å²) >= 11 is 0. The molecule has 0 aromatic heterocycles. The van der Waals surface area contributed by atoms with Crippen LogP contribution in [0, 0.1) is 0 Å². The van der Waals surface area contributed by atoms with Gasteiger partial charge in [0.25, 0.3) is 0 Å². The number of hydrogen-bond acceptors (Lipinski definition) is 4. The fourth-order valence-corrected chi connectivity index (χ4v) is 6.73. The Labute approximate surface area is 140 Å². The summed E-state index contributed by atoms with van der Waals surface area (Å²) in [5.41, 5.74) is 3.36. The summed E-state index contributed by atoms with van der Waals surface area (Å²) in [5, 5.41) is 0. The fourth-order valence-electron chi connectivity index (χ4n) is 2.24. The summed E-state index contributed by atoms with van der Waals surface area (Å²) in [6.45, 7) is 17.3. The van der Waals surface area contributed by atoms with Crippen LogP contribution in [-0.2, 0) is 17.7 Å². The monoisotopic (exact) mass is 348 g/mol. The van der Waals surface area contributed by atoms with Gasteiger partial charge < -0.3 is 17.7 Å². The molecule has 0 aliphatic rings. The number of hydrogen-bond donors (Lipinski definition) is 0. The highest BCUT2D eigenvalue weighted by atomic mass is 28.4. The highest BCUT2D eigenvalue weighted by Crippen LogP contribution is 2.22. The van der Waals surface area contributed by atoms with E-state index in [-0.39, 0.29) is 0 Å². The van der Waals surface area contributed by atoms with Gasteiger partial charge in [0.05, 0.1) is 0 Å². The molecule has 0 aromatic carbocycles. The molecule has 0 amide bonds. The summed E-state index contributed by atoms with van der Waals surface area (Å²) in [4.78, 5) is 0. The zero-order chi connectivity index (χ0) is 17.5. The first-order valence-corrected chi connectivity index (χ1v) is 12.3. The van der Waals surface area contributed by atoms with Crippen molar-refractivity contribution in [2.75, 3.05) is 27.4 Å². The van der Waals surface area contributed by atoms with Crippen LogP contribution in [-0.4, -0.2) is 44.6 Å². The van der Waals surface area contributed by atoms with Gasteiger partial charge in [0.1, 0.15) is 0 Å². The Morgan fingerprint density at radius 2 is 1.14 bits per heavy atom. The molecule has 0 saturated carbocycles. The van der Waals surface area contributed by atoms with E-state index in [0.717, 1.165) is 25.3 Å². The normalized spacial score (nSPS) is 11.5. The smallest absolute Gasteiger partial charge is 0.390 e. The molecule has 0 radical (unpaired) electrons. The maximum absolute atomic E-state index is 5.87. The van der Waals surface area contributed by atoms with E-state index in [2.05, 4.69) is 40.9 Å². The van der Waals surface area contributed by atoms with Crippen LogP contribution in [0.3, 0.4) is 0 Å². The van der Waals surface area contributed by atoms with Crippen LogP contribution in [0.2, 0.25) is 12.1 Å². The van der Waals surface area contributed by atoms with E-state index in [9.17, 15) is 0 Å². The molecule has 0 atom stereocenters. The molecule has 132 valence electrons. The third kappa shape index (κ3) is 9.02. The molecule has 0 N–H and O–H groups in total. The van der Waals surface area contributed by atoms with Crippen molar-refractivity contribution < 1.29 is 17.7 Å².